The molecule has 4 heteroatoms. The lowest BCUT2D eigenvalue weighted by molar-refractivity contribution is 0.0389. The summed E-state index contributed by atoms with van der Waals surface area (Å²) in [6.07, 6.45) is 4.17. The molecule has 2 rings (SSSR count). The van der Waals surface area contributed by atoms with E-state index in [0.717, 1.165) is 37.3 Å². The molecule has 1 fully saturated rings. The minimum absolute atomic E-state index is 0.147. The molecule has 1 aromatic heterocycles. The first-order valence-corrected chi connectivity index (χ1v) is 5.77. The Bertz CT molecular complexity index is 320. The molecule has 0 aliphatic carbocycles. The molecule has 0 spiro atoms. The van der Waals surface area contributed by atoms with E-state index >= 15 is 0 Å². The Balaban J connectivity index is 2.11. The standard InChI is InChI=1S/C12H19N3O/c1-9-4-5-10(7-14-9)12(15-13)11-3-2-6-16-8-11/h4-5,7,11-12,15H,2-3,6,8,13H2,1H3. The fourth-order valence-corrected chi connectivity index (χ4v) is 2.20. The summed E-state index contributed by atoms with van der Waals surface area (Å²) >= 11 is 0. The molecule has 1 saturated heterocycles. The number of nitrogens with two attached hydrogens (primary N) is 1. The molecule has 1 aliphatic heterocycles. The number of nitrogens with zero attached hydrogens (tertiary/aromatic N) is 1. The molecule has 0 radical (unpaired) electrons. The fraction of sp³-hybridized carbons (Fsp3) is 0.583. The second-order valence-electron chi connectivity index (χ2n) is 4.35. The Hall–Kier alpha value is -0.970. The van der Waals surface area contributed by atoms with E-state index in [1.54, 1.807) is 0 Å². The van der Waals surface area contributed by atoms with Crippen LogP contribution < -0.4 is 11.3 Å². The zero-order valence-electron chi connectivity index (χ0n) is 9.65. The van der Waals surface area contributed by atoms with Crippen molar-refractivity contribution >= 4 is 0 Å². The van der Waals surface area contributed by atoms with Crippen molar-refractivity contribution in [1.29, 1.82) is 0 Å². The molecule has 0 bridgehead atoms. The summed E-state index contributed by atoms with van der Waals surface area (Å²) in [5, 5.41) is 0. The van der Waals surface area contributed by atoms with Crippen LogP contribution in [-0.4, -0.2) is 18.2 Å². The summed E-state index contributed by atoms with van der Waals surface area (Å²) in [6.45, 7) is 3.64. The molecule has 0 saturated carbocycles. The largest absolute Gasteiger partial charge is 0.381 e. The maximum atomic E-state index is 5.64. The van der Waals surface area contributed by atoms with Crippen molar-refractivity contribution in [2.45, 2.75) is 25.8 Å². The second kappa shape index (κ2) is 5.39. The number of hydrogen-bond donors (Lipinski definition) is 2. The third kappa shape index (κ3) is 2.58. The maximum Gasteiger partial charge on any atom is 0.0525 e. The van der Waals surface area contributed by atoms with Crippen molar-refractivity contribution in [1.82, 2.24) is 10.4 Å². The van der Waals surface area contributed by atoms with Crippen LogP contribution in [0.1, 0.15) is 30.1 Å². The van der Waals surface area contributed by atoms with Gasteiger partial charge >= 0.3 is 0 Å². The zero-order chi connectivity index (χ0) is 11.4. The van der Waals surface area contributed by atoms with Crippen LogP contribution in [0.2, 0.25) is 0 Å². The average molecular weight is 221 g/mol. The molecule has 1 aromatic rings. The molecule has 0 aromatic carbocycles. The van der Waals surface area contributed by atoms with Gasteiger partial charge in [-0.3, -0.25) is 16.3 Å². The molecule has 4 nitrogen and oxygen atoms in total. The van der Waals surface area contributed by atoms with Crippen LogP contribution in [-0.2, 0) is 4.74 Å². The average Bonchev–Trinajstić information content (AvgIpc) is 2.34. The number of nitrogens with one attached hydrogen (secondary N) is 1. The van der Waals surface area contributed by atoms with Gasteiger partial charge in [0.25, 0.3) is 0 Å². The third-order valence-corrected chi connectivity index (χ3v) is 3.14. The van der Waals surface area contributed by atoms with Gasteiger partial charge in [0.1, 0.15) is 0 Å². The maximum absolute atomic E-state index is 5.64. The molecular formula is C12H19N3O. The van der Waals surface area contributed by atoms with Gasteiger partial charge in [0.15, 0.2) is 0 Å². The highest BCUT2D eigenvalue weighted by atomic mass is 16.5. The summed E-state index contributed by atoms with van der Waals surface area (Å²) in [5.41, 5.74) is 5.06. The summed E-state index contributed by atoms with van der Waals surface area (Å²) < 4.78 is 5.49. The van der Waals surface area contributed by atoms with Crippen molar-refractivity contribution in [3.8, 4) is 0 Å². The third-order valence-electron chi connectivity index (χ3n) is 3.14. The van der Waals surface area contributed by atoms with Gasteiger partial charge in [0.2, 0.25) is 0 Å². The highest BCUT2D eigenvalue weighted by Gasteiger charge is 2.24. The lowest BCUT2D eigenvalue weighted by atomic mass is 9.90. The van der Waals surface area contributed by atoms with E-state index in [9.17, 15) is 0 Å². The first-order chi connectivity index (χ1) is 7.81. The highest BCUT2D eigenvalue weighted by Crippen LogP contribution is 2.27. The van der Waals surface area contributed by atoms with Gasteiger partial charge in [0.05, 0.1) is 12.6 Å². The molecule has 2 atom stereocenters. The van der Waals surface area contributed by atoms with Crippen molar-refractivity contribution in [3.63, 3.8) is 0 Å². The zero-order valence-corrected chi connectivity index (χ0v) is 9.65. The molecule has 2 unspecified atom stereocenters. The normalized spacial score (nSPS) is 23.0. The fourth-order valence-electron chi connectivity index (χ4n) is 2.20. The van der Waals surface area contributed by atoms with Gasteiger partial charge in [-0.1, -0.05) is 6.07 Å². The number of ether oxygens (including phenoxy) is 1. The van der Waals surface area contributed by atoms with E-state index in [4.69, 9.17) is 10.6 Å². The van der Waals surface area contributed by atoms with Crippen LogP contribution in [0.15, 0.2) is 18.3 Å². The van der Waals surface area contributed by atoms with Crippen LogP contribution in [0.25, 0.3) is 0 Å². The Morgan fingerprint density at radius 2 is 2.44 bits per heavy atom. The predicted molar refractivity (Wildman–Crippen MR) is 62.6 cm³/mol. The van der Waals surface area contributed by atoms with Crippen molar-refractivity contribution < 1.29 is 4.74 Å². The molecule has 0 amide bonds. The van der Waals surface area contributed by atoms with Gasteiger partial charge in [0, 0.05) is 24.4 Å². The van der Waals surface area contributed by atoms with E-state index < -0.39 is 0 Å². The Kier molecular flexibility index (Phi) is 3.88. The van der Waals surface area contributed by atoms with Crippen LogP contribution in [0.4, 0.5) is 0 Å². The van der Waals surface area contributed by atoms with Gasteiger partial charge in [-0.2, -0.15) is 0 Å². The van der Waals surface area contributed by atoms with Crippen molar-refractivity contribution in [2.75, 3.05) is 13.2 Å². The Morgan fingerprint density at radius 1 is 1.56 bits per heavy atom. The molecule has 1 aliphatic rings. The molecule has 2 heterocycles. The minimum atomic E-state index is 0.147. The molecule has 88 valence electrons. The van der Waals surface area contributed by atoms with E-state index in [-0.39, 0.29) is 6.04 Å². The number of aromatic nitrogens is 1. The number of pyridine rings is 1. The van der Waals surface area contributed by atoms with Gasteiger partial charge in [-0.05, 0) is 31.4 Å². The first kappa shape index (κ1) is 11.5. The topological polar surface area (TPSA) is 60.2 Å². The first-order valence-electron chi connectivity index (χ1n) is 5.77. The summed E-state index contributed by atoms with van der Waals surface area (Å²) in [7, 11) is 0. The SMILES string of the molecule is Cc1ccc(C(NN)C2CCCOC2)cn1. The van der Waals surface area contributed by atoms with Crippen LogP contribution in [0, 0.1) is 12.8 Å². The van der Waals surface area contributed by atoms with E-state index in [0.29, 0.717) is 5.92 Å². The van der Waals surface area contributed by atoms with Crippen LogP contribution in [0.3, 0.4) is 0 Å². The Labute approximate surface area is 96.2 Å². The van der Waals surface area contributed by atoms with E-state index in [1.807, 2.05) is 19.2 Å². The predicted octanol–water partition coefficient (Wildman–Crippen LogP) is 1.32. The van der Waals surface area contributed by atoms with Gasteiger partial charge in [-0.15, -0.1) is 0 Å². The summed E-state index contributed by atoms with van der Waals surface area (Å²) in [6, 6.07) is 4.25. The smallest absolute Gasteiger partial charge is 0.0525 e. The lowest BCUT2D eigenvalue weighted by Gasteiger charge is -2.29. The molecule has 3 N–H and O–H groups in total. The number of aryl methyl sites for hydroxylation is 1. The Morgan fingerprint density at radius 3 is 3.00 bits per heavy atom. The monoisotopic (exact) mass is 221 g/mol. The molecular weight excluding hydrogens is 202 g/mol. The highest BCUT2D eigenvalue weighted by molar-refractivity contribution is 5.18. The quantitative estimate of drug-likeness (QED) is 0.597. The second-order valence-corrected chi connectivity index (χ2v) is 4.35. The van der Waals surface area contributed by atoms with Gasteiger partial charge in [-0.25, -0.2) is 0 Å². The molecule has 16 heavy (non-hydrogen) atoms. The van der Waals surface area contributed by atoms with Crippen LogP contribution >= 0.6 is 0 Å². The van der Waals surface area contributed by atoms with Gasteiger partial charge < -0.3 is 4.74 Å². The van der Waals surface area contributed by atoms with Crippen molar-refractivity contribution in [2.24, 2.45) is 11.8 Å². The summed E-state index contributed by atoms with van der Waals surface area (Å²) in [4.78, 5) is 4.31. The van der Waals surface area contributed by atoms with Crippen LogP contribution in [0.5, 0.6) is 0 Å². The van der Waals surface area contributed by atoms with Crippen molar-refractivity contribution in [3.05, 3.63) is 29.6 Å². The van der Waals surface area contributed by atoms with E-state index in [1.165, 1.54) is 0 Å². The number of rotatable bonds is 3. The lowest BCUT2D eigenvalue weighted by Crippen LogP contribution is -2.37. The van der Waals surface area contributed by atoms with E-state index in [2.05, 4.69) is 16.5 Å². The summed E-state index contributed by atoms with van der Waals surface area (Å²) in [5.74, 6) is 6.09. The minimum Gasteiger partial charge on any atom is -0.381 e. The number of hydrogen-bond acceptors (Lipinski definition) is 4. The number of hydrazine groups is 1.